The van der Waals surface area contributed by atoms with Crippen molar-refractivity contribution in [1.29, 1.82) is 0 Å². The van der Waals surface area contributed by atoms with Crippen LogP contribution in [0.2, 0.25) is 0 Å². The second-order valence-electron chi connectivity index (χ2n) is 8.75. The molecule has 4 aromatic rings. The van der Waals surface area contributed by atoms with Gasteiger partial charge in [-0.05, 0) is 72.9 Å². The molecule has 0 atom stereocenters. The molecule has 2 aromatic heterocycles. The Morgan fingerprint density at radius 3 is 2.73 bits per heavy atom. The zero-order valence-electron chi connectivity index (χ0n) is 20.1. The maximum absolute atomic E-state index is 13.9. The van der Waals surface area contributed by atoms with Crippen molar-refractivity contribution >= 4 is 34.4 Å². The summed E-state index contributed by atoms with van der Waals surface area (Å²) in [6.45, 7) is 5.51. The van der Waals surface area contributed by atoms with Crippen molar-refractivity contribution in [3.05, 3.63) is 82.8 Å². The molecule has 10 heteroatoms. The molecule has 0 bridgehead atoms. The molecule has 3 heterocycles. The highest BCUT2D eigenvalue weighted by Gasteiger charge is 2.10. The van der Waals surface area contributed by atoms with E-state index < -0.39 is 11.6 Å². The van der Waals surface area contributed by atoms with E-state index in [0.29, 0.717) is 0 Å². The largest absolute Gasteiger partial charge is 0.379 e. The second-order valence-corrected chi connectivity index (χ2v) is 9.60. The minimum absolute atomic E-state index is 0.188. The summed E-state index contributed by atoms with van der Waals surface area (Å²) in [6.07, 6.45) is 2.67. The summed E-state index contributed by atoms with van der Waals surface area (Å²) in [7, 11) is 0. The van der Waals surface area contributed by atoms with Crippen molar-refractivity contribution in [2.24, 2.45) is 0 Å². The molecule has 0 saturated carbocycles. The molecule has 1 aliphatic rings. The third-order valence-corrected chi connectivity index (χ3v) is 7.02. The molecular formula is C27H27F2N5O2S. The number of aromatic amines is 1. The van der Waals surface area contributed by atoms with Gasteiger partial charge in [0.15, 0.2) is 0 Å². The molecule has 1 fully saturated rings. The first-order valence-electron chi connectivity index (χ1n) is 12.1. The van der Waals surface area contributed by atoms with Gasteiger partial charge in [-0.15, -0.1) is 0 Å². The van der Waals surface area contributed by atoms with Gasteiger partial charge < -0.3 is 19.8 Å². The van der Waals surface area contributed by atoms with E-state index in [1.165, 1.54) is 12.1 Å². The third-order valence-electron chi connectivity index (χ3n) is 6.15. The molecule has 192 valence electrons. The van der Waals surface area contributed by atoms with E-state index >= 15 is 0 Å². The molecule has 37 heavy (non-hydrogen) atoms. The van der Waals surface area contributed by atoms with Crippen LogP contribution in [0, 0.1) is 11.6 Å². The monoisotopic (exact) mass is 523 g/mol. The summed E-state index contributed by atoms with van der Waals surface area (Å²) in [4.78, 5) is 22.3. The number of hydrogen-bond acceptors (Lipinski definition) is 7. The summed E-state index contributed by atoms with van der Waals surface area (Å²) in [6, 6.07) is 14.9. The summed E-state index contributed by atoms with van der Waals surface area (Å²) < 4.78 is 35.3. The minimum Gasteiger partial charge on any atom is -0.379 e. The highest BCUT2D eigenvalue weighted by atomic mass is 32.2. The van der Waals surface area contributed by atoms with Crippen molar-refractivity contribution in [1.82, 2.24) is 14.9 Å². The van der Waals surface area contributed by atoms with Gasteiger partial charge >= 0.3 is 0 Å². The molecular weight excluding hydrogens is 496 g/mol. The third kappa shape index (κ3) is 6.46. The van der Waals surface area contributed by atoms with Crippen LogP contribution in [0.25, 0.3) is 22.0 Å². The second kappa shape index (κ2) is 11.7. The Bertz CT molecular complexity index is 1440. The number of H-pyrrole nitrogens is 1. The number of benzene rings is 2. The lowest BCUT2D eigenvalue weighted by atomic mass is 10.0. The molecule has 1 aliphatic heterocycles. The van der Waals surface area contributed by atoms with E-state index in [1.54, 1.807) is 12.3 Å². The first-order chi connectivity index (χ1) is 18.0. The van der Waals surface area contributed by atoms with Gasteiger partial charge in [0, 0.05) is 42.8 Å². The number of nitrogens with one attached hydrogen (secondary N) is 3. The van der Waals surface area contributed by atoms with E-state index in [4.69, 9.17) is 9.72 Å². The van der Waals surface area contributed by atoms with Crippen LogP contribution in [-0.4, -0.2) is 54.3 Å². The first-order valence-corrected chi connectivity index (χ1v) is 12.9. The lowest BCUT2D eigenvalue weighted by Gasteiger charge is -2.26. The fourth-order valence-electron chi connectivity index (χ4n) is 4.14. The molecule has 0 amide bonds. The molecule has 5 rings (SSSR count). The zero-order chi connectivity index (χ0) is 25.6. The van der Waals surface area contributed by atoms with Crippen LogP contribution in [0.1, 0.15) is 6.42 Å². The maximum atomic E-state index is 13.9. The van der Waals surface area contributed by atoms with Gasteiger partial charge in [0.1, 0.15) is 23.1 Å². The average Bonchev–Trinajstić information content (AvgIpc) is 2.92. The van der Waals surface area contributed by atoms with Crippen LogP contribution in [0.3, 0.4) is 0 Å². The van der Waals surface area contributed by atoms with Gasteiger partial charge in [0.25, 0.3) is 5.56 Å². The highest BCUT2D eigenvalue weighted by Crippen LogP contribution is 2.27. The minimum atomic E-state index is -0.696. The zero-order valence-corrected chi connectivity index (χ0v) is 20.9. The predicted molar refractivity (Wildman–Crippen MR) is 144 cm³/mol. The Hall–Kier alpha value is -3.47. The standard InChI is InChI=1S/C27H27F2N5O2S/c28-21-4-6-25(22(29)16-21)37-33-24-15-20(17-31-27(24)35)18-2-5-23-19(14-18)3-7-26(32-23)30-8-1-9-34-10-12-36-13-11-34/h2-7,14-17,33H,1,8-13H2,(H,30,32)(H,31,35). The Labute approximate surface area is 217 Å². The number of fused-ring (bicyclic) bond motifs is 1. The average molecular weight is 524 g/mol. The van der Waals surface area contributed by atoms with Gasteiger partial charge in [-0.3, -0.25) is 9.69 Å². The Morgan fingerprint density at radius 1 is 1.03 bits per heavy atom. The lowest BCUT2D eigenvalue weighted by Crippen LogP contribution is -2.37. The van der Waals surface area contributed by atoms with Crippen molar-refractivity contribution in [3.8, 4) is 11.1 Å². The molecule has 2 aromatic carbocycles. The first kappa shape index (κ1) is 25.2. The normalized spacial score (nSPS) is 14.1. The van der Waals surface area contributed by atoms with Gasteiger partial charge in [0.2, 0.25) is 0 Å². The SMILES string of the molecule is O=c1[nH]cc(-c2ccc3nc(NCCCN4CCOCC4)ccc3c2)cc1NSc1ccc(F)cc1F. The van der Waals surface area contributed by atoms with Crippen molar-refractivity contribution in [3.63, 3.8) is 0 Å². The number of aromatic nitrogens is 2. The number of nitrogens with zero attached hydrogens (tertiary/aromatic N) is 2. The van der Waals surface area contributed by atoms with Crippen LogP contribution in [0.15, 0.2) is 70.5 Å². The van der Waals surface area contributed by atoms with Crippen LogP contribution in [-0.2, 0) is 4.74 Å². The number of pyridine rings is 2. The summed E-state index contributed by atoms with van der Waals surface area (Å²) in [5.74, 6) is -0.514. The Kier molecular flexibility index (Phi) is 7.98. The number of halogens is 2. The van der Waals surface area contributed by atoms with Crippen molar-refractivity contribution in [2.45, 2.75) is 11.3 Å². The number of rotatable bonds is 9. The van der Waals surface area contributed by atoms with E-state index in [9.17, 15) is 13.6 Å². The summed E-state index contributed by atoms with van der Waals surface area (Å²) in [5.41, 5.74) is 2.48. The quantitative estimate of drug-likeness (QED) is 0.207. The smallest absolute Gasteiger partial charge is 0.272 e. The van der Waals surface area contributed by atoms with Crippen molar-refractivity contribution < 1.29 is 13.5 Å². The number of morpholine rings is 1. The number of ether oxygens (including phenoxy) is 1. The highest BCUT2D eigenvalue weighted by molar-refractivity contribution is 8.00. The lowest BCUT2D eigenvalue weighted by molar-refractivity contribution is 0.0378. The van der Waals surface area contributed by atoms with Crippen LogP contribution >= 0.6 is 11.9 Å². The van der Waals surface area contributed by atoms with Crippen LogP contribution in [0.5, 0.6) is 0 Å². The Balaban J connectivity index is 1.24. The van der Waals surface area contributed by atoms with E-state index in [-0.39, 0.29) is 16.1 Å². The number of anilines is 2. The van der Waals surface area contributed by atoms with Gasteiger partial charge in [-0.1, -0.05) is 6.07 Å². The molecule has 0 unspecified atom stereocenters. The van der Waals surface area contributed by atoms with E-state index in [2.05, 4.69) is 19.9 Å². The molecule has 0 spiro atoms. The van der Waals surface area contributed by atoms with Gasteiger partial charge in [-0.2, -0.15) is 0 Å². The maximum Gasteiger partial charge on any atom is 0.272 e. The molecule has 7 nitrogen and oxygen atoms in total. The van der Waals surface area contributed by atoms with Gasteiger partial charge in [-0.25, -0.2) is 13.8 Å². The van der Waals surface area contributed by atoms with Crippen LogP contribution in [0.4, 0.5) is 20.3 Å². The van der Waals surface area contributed by atoms with Crippen molar-refractivity contribution in [2.75, 3.05) is 49.4 Å². The fraction of sp³-hybridized carbons (Fsp3) is 0.259. The molecule has 3 N–H and O–H groups in total. The Morgan fingerprint density at radius 2 is 1.89 bits per heavy atom. The predicted octanol–water partition coefficient (Wildman–Crippen LogP) is 5.12. The van der Waals surface area contributed by atoms with Crippen LogP contribution < -0.4 is 15.6 Å². The molecule has 1 saturated heterocycles. The topological polar surface area (TPSA) is 82.3 Å². The fourth-order valence-corrected chi connectivity index (χ4v) is 4.81. The molecule has 0 radical (unpaired) electrons. The van der Waals surface area contributed by atoms with E-state index in [0.717, 1.165) is 91.7 Å². The van der Waals surface area contributed by atoms with Gasteiger partial charge in [0.05, 0.1) is 23.6 Å². The summed E-state index contributed by atoms with van der Waals surface area (Å²) >= 11 is 0.910. The van der Waals surface area contributed by atoms with E-state index in [1.807, 2.05) is 30.3 Å². The molecule has 0 aliphatic carbocycles. The summed E-state index contributed by atoms with van der Waals surface area (Å²) in [5, 5.41) is 4.38. The number of hydrogen-bond donors (Lipinski definition) is 3.